The topological polar surface area (TPSA) is 48.1 Å². The Balaban J connectivity index is 2.30. The molecule has 0 bridgehead atoms. The molecule has 96 valence electrons. The monoisotopic (exact) mass is 326 g/mol. The van der Waals surface area contributed by atoms with E-state index in [1.165, 1.54) is 0 Å². The van der Waals surface area contributed by atoms with E-state index in [0.717, 1.165) is 26.5 Å². The van der Waals surface area contributed by atoms with Gasteiger partial charge in [0.1, 0.15) is 10.8 Å². The zero-order chi connectivity index (χ0) is 13.1. The highest BCUT2D eigenvalue weighted by molar-refractivity contribution is 9.10. The molecule has 1 heterocycles. The molecule has 0 aliphatic rings. The van der Waals surface area contributed by atoms with Crippen LogP contribution in [0.1, 0.15) is 24.9 Å². The van der Waals surface area contributed by atoms with Crippen molar-refractivity contribution in [2.45, 2.75) is 19.9 Å². The van der Waals surface area contributed by atoms with Gasteiger partial charge in [-0.25, -0.2) is 4.98 Å². The van der Waals surface area contributed by atoms with Crippen LogP contribution in [0.5, 0.6) is 5.75 Å². The second kappa shape index (κ2) is 5.82. The first-order valence-electron chi connectivity index (χ1n) is 5.75. The molecule has 0 amide bonds. The average Bonchev–Trinajstić information content (AvgIpc) is 2.81. The molecule has 5 heteroatoms. The predicted molar refractivity (Wildman–Crippen MR) is 79.0 cm³/mol. The van der Waals surface area contributed by atoms with Crippen LogP contribution < -0.4 is 10.5 Å². The van der Waals surface area contributed by atoms with Gasteiger partial charge in [-0.1, -0.05) is 0 Å². The number of ether oxygens (including phenoxy) is 1. The molecule has 1 atom stereocenters. The molecule has 3 nitrogen and oxygen atoms in total. The van der Waals surface area contributed by atoms with Crippen molar-refractivity contribution in [2.75, 3.05) is 6.61 Å². The molecule has 1 unspecified atom stereocenters. The van der Waals surface area contributed by atoms with Crippen molar-refractivity contribution < 1.29 is 4.74 Å². The predicted octanol–water partition coefficient (Wildman–Crippen LogP) is 3.99. The smallest absolute Gasteiger partial charge is 0.133 e. The molecule has 0 aliphatic carbocycles. The van der Waals surface area contributed by atoms with E-state index in [1.807, 2.05) is 37.4 Å². The van der Waals surface area contributed by atoms with Crippen LogP contribution in [0.3, 0.4) is 0 Å². The van der Waals surface area contributed by atoms with Crippen molar-refractivity contribution in [1.29, 1.82) is 0 Å². The molecule has 2 rings (SSSR count). The van der Waals surface area contributed by atoms with E-state index in [0.29, 0.717) is 6.61 Å². The third-order valence-electron chi connectivity index (χ3n) is 2.44. The number of rotatable bonds is 4. The minimum Gasteiger partial charge on any atom is -0.493 e. The third kappa shape index (κ3) is 2.91. The zero-order valence-electron chi connectivity index (χ0n) is 10.3. The van der Waals surface area contributed by atoms with Gasteiger partial charge in [-0.3, -0.25) is 0 Å². The number of hydrogen-bond donors (Lipinski definition) is 1. The zero-order valence-corrected chi connectivity index (χ0v) is 12.7. The molecule has 1 aromatic carbocycles. The second-order valence-electron chi connectivity index (χ2n) is 3.94. The van der Waals surface area contributed by atoms with Crippen molar-refractivity contribution in [2.24, 2.45) is 5.73 Å². The van der Waals surface area contributed by atoms with Crippen LogP contribution in [0.25, 0.3) is 11.3 Å². The molecule has 0 saturated heterocycles. The largest absolute Gasteiger partial charge is 0.493 e. The fourth-order valence-corrected chi connectivity index (χ4v) is 2.84. The number of nitrogens with zero attached hydrogens (tertiary/aromatic N) is 1. The van der Waals surface area contributed by atoms with Crippen molar-refractivity contribution >= 4 is 27.3 Å². The molecule has 0 fully saturated rings. The summed E-state index contributed by atoms with van der Waals surface area (Å²) < 4.78 is 6.43. The van der Waals surface area contributed by atoms with Crippen LogP contribution in [0, 0.1) is 0 Å². The van der Waals surface area contributed by atoms with E-state index in [1.54, 1.807) is 11.3 Å². The fraction of sp³-hybridized carbons (Fsp3) is 0.308. The highest BCUT2D eigenvalue weighted by Crippen LogP contribution is 2.31. The number of benzene rings is 1. The second-order valence-corrected chi connectivity index (χ2v) is 5.68. The van der Waals surface area contributed by atoms with E-state index in [4.69, 9.17) is 10.5 Å². The maximum atomic E-state index is 5.82. The summed E-state index contributed by atoms with van der Waals surface area (Å²) in [5.74, 6) is 0.851. The third-order valence-corrected chi connectivity index (χ3v) is 4.10. The Labute approximate surface area is 119 Å². The van der Waals surface area contributed by atoms with Crippen molar-refractivity contribution in [1.82, 2.24) is 4.98 Å². The summed E-state index contributed by atoms with van der Waals surface area (Å²) in [6.45, 7) is 4.57. The highest BCUT2D eigenvalue weighted by atomic mass is 79.9. The lowest BCUT2D eigenvalue weighted by Crippen LogP contribution is -2.03. The standard InChI is InChI=1S/C13H15BrN2OS/c1-3-17-12-5-4-9(6-10(12)14)11-7-18-13(16-11)8(2)15/h4-8H,3,15H2,1-2H3. The van der Waals surface area contributed by atoms with Crippen LogP contribution in [0.15, 0.2) is 28.1 Å². The fourth-order valence-electron chi connectivity index (χ4n) is 1.56. The molecule has 0 spiro atoms. The maximum absolute atomic E-state index is 5.82. The summed E-state index contributed by atoms with van der Waals surface area (Å²) in [5.41, 5.74) is 7.84. The Hall–Kier alpha value is -0.910. The van der Waals surface area contributed by atoms with Crippen molar-refractivity contribution in [3.05, 3.63) is 33.1 Å². The van der Waals surface area contributed by atoms with Crippen LogP contribution in [-0.4, -0.2) is 11.6 Å². The normalized spacial score (nSPS) is 12.4. The molecular formula is C13H15BrN2OS. The lowest BCUT2D eigenvalue weighted by molar-refractivity contribution is 0.338. The van der Waals surface area contributed by atoms with Gasteiger partial charge < -0.3 is 10.5 Å². The lowest BCUT2D eigenvalue weighted by Gasteiger charge is -2.06. The van der Waals surface area contributed by atoms with Gasteiger partial charge in [0.2, 0.25) is 0 Å². The quantitative estimate of drug-likeness (QED) is 0.924. The first-order chi connectivity index (χ1) is 8.61. The molecule has 0 saturated carbocycles. The van der Waals surface area contributed by atoms with Crippen LogP contribution >= 0.6 is 27.3 Å². The number of aromatic nitrogens is 1. The Morgan fingerprint density at radius 3 is 2.83 bits per heavy atom. The Bertz CT molecular complexity index is 540. The van der Waals surface area contributed by atoms with Crippen LogP contribution in [-0.2, 0) is 0 Å². The van der Waals surface area contributed by atoms with E-state index in [9.17, 15) is 0 Å². The number of nitrogens with two attached hydrogens (primary N) is 1. The number of hydrogen-bond acceptors (Lipinski definition) is 4. The number of halogens is 1. The van der Waals surface area contributed by atoms with E-state index >= 15 is 0 Å². The minimum atomic E-state index is -0.0186. The minimum absolute atomic E-state index is 0.0186. The number of thiazole rings is 1. The van der Waals surface area contributed by atoms with Gasteiger partial charge in [0.25, 0.3) is 0 Å². The SMILES string of the molecule is CCOc1ccc(-c2csc(C(C)N)n2)cc1Br. The van der Waals surface area contributed by atoms with E-state index in [-0.39, 0.29) is 6.04 Å². The van der Waals surface area contributed by atoms with Gasteiger partial charge >= 0.3 is 0 Å². The average molecular weight is 327 g/mol. The van der Waals surface area contributed by atoms with Crippen molar-refractivity contribution in [3.8, 4) is 17.0 Å². The van der Waals surface area contributed by atoms with Gasteiger partial charge in [0, 0.05) is 10.9 Å². The van der Waals surface area contributed by atoms with Crippen LogP contribution in [0.4, 0.5) is 0 Å². The summed E-state index contributed by atoms with van der Waals surface area (Å²) >= 11 is 5.10. The van der Waals surface area contributed by atoms with Gasteiger partial charge in [-0.05, 0) is 48.0 Å². The first-order valence-corrected chi connectivity index (χ1v) is 7.42. The Morgan fingerprint density at radius 2 is 2.28 bits per heavy atom. The summed E-state index contributed by atoms with van der Waals surface area (Å²) in [5, 5.41) is 2.98. The Kier molecular flexibility index (Phi) is 4.37. The van der Waals surface area contributed by atoms with E-state index in [2.05, 4.69) is 20.9 Å². The maximum Gasteiger partial charge on any atom is 0.133 e. The first kappa shape index (κ1) is 13.5. The van der Waals surface area contributed by atoms with Gasteiger partial charge in [-0.2, -0.15) is 0 Å². The van der Waals surface area contributed by atoms with Crippen LogP contribution in [0.2, 0.25) is 0 Å². The van der Waals surface area contributed by atoms with Gasteiger partial charge in [0.05, 0.1) is 22.8 Å². The summed E-state index contributed by atoms with van der Waals surface area (Å²) in [7, 11) is 0. The molecule has 2 N–H and O–H groups in total. The highest BCUT2D eigenvalue weighted by Gasteiger charge is 2.09. The van der Waals surface area contributed by atoms with Gasteiger partial charge in [-0.15, -0.1) is 11.3 Å². The van der Waals surface area contributed by atoms with Gasteiger partial charge in [0.15, 0.2) is 0 Å². The summed E-state index contributed by atoms with van der Waals surface area (Å²) in [6.07, 6.45) is 0. The molecule has 0 aliphatic heterocycles. The molecular weight excluding hydrogens is 312 g/mol. The summed E-state index contributed by atoms with van der Waals surface area (Å²) in [4.78, 5) is 4.53. The molecule has 1 aromatic heterocycles. The Morgan fingerprint density at radius 1 is 1.50 bits per heavy atom. The summed E-state index contributed by atoms with van der Waals surface area (Å²) in [6, 6.07) is 5.96. The molecule has 0 radical (unpaired) electrons. The van der Waals surface area contributed by atoms with E-state index < -0.39 is 0 Å². The van der Waals surface area contributed by atoms with Crippen molar-refractivity contribution in [3.63, 3.8) is 0 Å². The molecule has 18 heavy (non-hydrogen) atoms. The lowest BCUT2D eigenvalue weighted by atomic mass is 10.2. The molecule has 2 aromatic rings.